The Morgan fingerprint density at radius 2 is 2.00 bits per heavy atom. The Labute approximate surface area is 114 Å². The molecular weight excluding hydrogens is 248 g/mol. The van der Waals surface area contributed by atoms with Gasteiger partial charge in [-0.25, -0.2) is 0 Å². The molecule has 3 N–H and O–H groups in total. The quantitative estimate of drug-likeness (QED) is 0.447. The fourth-order valence-electron chi connectivity index (χ4n) is 2.11. The predicted octanol–water partition coefficient (Wildman–Crippen LogP) is 0.621. The van der Waals surface area contributed by atoms with Gasteiger partial charge in [0.05, 0.1) is 13.2 Å². The van der Waals surface area contributed by atoms with E-state index in [9.17, 15) is 10.2 Å². The second-order valence-corrected chi connectivity index (χ2v) is 4.86. The van der Waals surface area contributed by atoms with Crippen LogP contribution in [0.4, 0.5) is 0 Å². The molecule has 0 aromatic heterocycles. The van der Waals surface area contributed by atoms with Gasteiger partial charge in [-0.15, -0.1) is 0 Å². The number of hydrogen-bond donors (Lipinski definition) is 3. The van der Waals surface area contributed by atoms with Crippen molar-refractivity contribution in [2.75, 3.05) is 19.8 Å². The zero-order valence-corrected chi connectivity index (χ0v) is 11.6. The van der Waals surface area contributed by atoms with Crippen molar-refractivity contribution < 1.29 is 24.8 Å². The molecule has 0 aliphatic carbocycles. The van der Waals surface area contributed by atoms with Crippen LogP contribution in [0, 0.1) is 0 Å². The van der Waals surface area contributed by atoms with Crippen LogP contribution in [-0.4, -0.2) is 59.6 Å². The highest BCUT2D eigenvalue weighted by Crippen LogP contribution is 2.18. The first-order valence-corrected chi connectivity index (χ1v) is 7.02. The molecule has 0 aromatic rings. The number of hydrogen-bond acceptors (Lipinski definition) is 5. The monoisotopic (exact) mass is 274 g/mol. The molecule has 1 aliphatic rings. The van der Waals surface area contributed by atoms with E-state index in [-0.39, 0.29) is 13.2 Å². The van der Waals surface area contributed by atoms with Crippen LogP contribution >= 0.6 is 0 Å². The van der Waals surface area contributed by atoms with Crippen molar-refractivity contribution in [2.45, 2.75) is 57.0 Å². The third kappa shape index (κ3) is 5.58. The van der Waals surface area contributed by atoms with Gasteiger partial charge >= 0.3 is 0 Å². The lowest BCUT2D eigenvalue weighted by atomic mass is 10.0. The maximum atomic E-state index is 9.84. The van der Waals surface area contributed by atoms with Crippen LogP contribution in [0.15, 0.2) is 12.2 Å². The SMILES string of the molecule is C/C=C/CCCCCO[C@@H]1CO[C@@H](CO)[C@H](O)[C@H]1O. The molecule has 5 heteroatoms. The summed E-state index contributed by atoms with van der Waals surface area (Å²) < 4.78 is 10.8. The van der Waals surface area contributed by atoms with Crippen molar-refractivity contribution in [3.05, 3.63) is 12.2 Å². The molecule has 1 fully saturated rings. The Hall–Kier alpha value is -0.460. The second-order valence-electron chi connectivity index (χ2n) is 4.86. The zero-order valence-electron chi connectivity index (χ0n) is 11.6. The first-order valence-electron chi connectivity index (χ1n) is 7.02. The summed E-state index contributed by atoms with van der Waals surface area (Å²) in [6.45, 7) is 2.48. The normalized spacial score (nSPS) is 32.0. The van der Waals surface area contributed by atoms with Crippen molar-refractivity contribution in [3.8, 4) is 0 Å². The summed E-state index contributed by atoms with van der Waals surface area (Å²) in [5, 5.41) is 28.5. The highest BCUT2D eigenvalue weighted by Gasteiger charge is 2.38. The van der Waals surface area contributed by atoms with Crippen LogP contribution in [0.25, 0.3) is 0 Å². The third-order valence-electron chi connectivity index (χ3n) is 3.35. The van der Waals surface area contributed by atoms with E-state index in [2.05, 4.69) is 6.08 Å². The summed E-state index contributed by atoms with van der Waals surface area (Å²) in [6, 6.07) is 0. The molecule has 0 bridgehead atoms. The minimum absolute atomic E-state index is 0.210. The van der Waals surface area contributed by atoms with E-state index < -0.39 is 24.4 Å². The number of unbranched alkanes of at least 4 members (excludes halogenated alkanes) is 3. The summed E-state index contributed by atoms with van der Waals surface area (Å²) >= 11 is 0. The molecule has 19 heavy (non-hydrogen) atoms. The van der Waals surface area contributed by atoms with Crippen LogP contribution in [0.5, 0.6) is 0 Å². The molecule has 0 spiro atoms. The van der Waals surface area contributed by atoms with E-state index in [0.29, 0.717) is 6.61 Å². The van der Waals surface area contributed by atoms with Gasteiger partial charge in [0, 0.05) is 6.61 Å². The van der Waals surface area contributed by atoms with Crippen molar-refractivity contribution >= 4 is 0 Å². The number of aliphatic hydroxyl groups excluding tert-OH is 3. The Morgan fingerprint density at radius 3 is 2.68 bits per heavy atom. The minimum atomic E-state index is -1.08. The van der Waals surface area contributed by atoms with E-state index in [4.69, 9.17) is 14.6 Å². The van der Waals surface area contributed by atoms with Crippen LogP contribution in [0.1, 0.15) is 32.6 Å². The van der Waals surface area contributed by atoms with E-state index in [1.807, 2.05) is 13.0 Å². The zero-order chi connectivity index (χ0) is 14.1. The first kappa shape index (κ1) is 16.6. The fraction of sp³-hybridized carbons (Fsp3) is 0.857. The number of aliphatic hydroxyl groups is 3. The molecule has 1 aliphatic heterocycles. The Balaban J connectivity index is 2.12. The highest BCUT2D eigenvalue weighted by molar-refractivity contribution is 4.87. The lowest BCUT2D eigenvalue weighted by molar-refractivity contribution is -0.208. The van der Waals surface area contributed by atoms with Crippen LogP contribution in [-0.2, 0) is 9.47 Å². The molecule has 0 saturated carbocycles. The van der Waals surface area contributed by atoms with Crippen LogP contribution in [0.3, 0.4) is 0 Å². The van der Waals surface area contributed by atoms with E-state index >= 15 is 0 Å². The molecule has 4 atom stereocenters. The summed E-state index contributed by atoms with van der Waals surface area (Å²) in [4.78, 5) is 0. The molecule has 112 valence electrons. The average molecular weight is 274 g/mol. The maximum Gasteiger partial charge on any atom is 0.111 e. The van der Waals surface area contributed by atoms with Gasteiger partial charge in [-0.05, 0) is 26.2 Å². The van der Waals surface area contributed by atoms with Crippen LogP contribution < -0.4 is 0 Å². The van der Waals surface area contributed by atoms with Crippen molar-refractivity contribution in [1.29, 1.82) is 0 Å². The molecule has 5 nitrogen and oxygen atoms in total. The van der Waals surface area contributed by atoms with Gasteiger partial charge < -0.3 is 24.8 Å². The molecule has 0 unspecified atom stereocenters. The molecule has 0 aromatic carbocycles. The van der Waals surface area contributed by atoms with E-state index in [0.717, 1.165) is 25.7 Å². The molecule has 1 heterocycles. The highest BCUT2D eigenvalue weighted by atomic mass is 16.6. The third-order valence-corrected chi connectivity index (χ3v) is 3.35. The Bertz CT molecular complexity index is 256. The number of allylic oxidation sites excluding steroid dienone is 2. The fourth-order valence-corrected chi connectivity index (χ4v) is 2.11. The van der Waals surface area contributed by atoms with Gasteiger partial charge in [0.2, 0.25) is 0 Å². The van der Waals surface area contributed by atoms with Gasteiger partial charge in [-0.1, -0.05) is 18.6 Å². The first-order chi connectivity index (χ1) is 9.20. The summed E-state index contributed by atoms with van der Waals surface area (Å²) in [7, 11) is 0. The lowest BCUT2D eigenvalue weighted by Crippen LogP contribution is -2.55. The Morgan fingerprint density at radius 1 is 1.21 bits per heavy atom. The van der Waals surface area contributed by atoms with Crippen molar-refractivity contribution in [1.82, 2.24) is 0 Å². The molecular formula is C14H26O5. The van der Waals surface area contributed by atoms with Gasteiger partial charge in [0.1, 0.15) is 24.4 Å². The van der Waals surface area contributed by atoms with Crippen LogP contribution in [0.2, 0.25) is 0 Å². The molecule has 1 rings (SSSR count). The van der Waals surface area contributed by atoms with E-state index in [1.54, 1.807) is 0 Å². The summed E-state index contributed by atoms with van der Waals surface area (Å²) in [5.41, 5.74) is 0. The standard InChI is InChI=1S/C14H26O5/c1-2-3-4-5-6-7-8-18-12-10-19-11(9-15)13(16)14(12)17/h2-3,11-17H,4-10H2,1H3/b3-2+/t11-,12+,13-,14-/m0/s1. The molecule has 0 radical (unpaired) electrons. The minimum Gasteiger partial charge on any atom is -0.394 e. The van der Waals surface area contributed by atoms with Gasteiger partial charge in [-0.3, -0.25) is 0 Å². The maximum absolute atomic E-state index is 9.84. The van der Waals surface area contributed by atoms with E-state index in [1.165, 1.54) is 0 Å². The summed E-state index contributed by atoms with van der Waals surface area (Å²) in [6.07, 6.45) is 5.12. The lowest BCUT2D eigenvalue weighted by Gasteiger charge is -2.36. The number of ether oxygens (including phenoxy) is 2. The van der Waals surface area contributed by atoms with Crippen molar-refractivity contribution in [2.24, 2.45) is 0 Å². The second kappa shape index (κ2) is 9.44. The van der Waals surface area contributed by atoms with Gasteiger partial charge in [-0.2, -0.15) is 0 Å². The van der Waals surface area contributed by atoms with Gasteiger partial charge in [0.25, 0.3) is 0 Å². The van der Waals surface area contributed by atoms with Gasteiger partial charge in [0.15, 0.2) is 0 Å². The average Bonchev–Trinajstić information content (AvgIpc) is 2.42. The predicted molar refractivity (Wildman–Crippen MR) is 71.9 cm³/mol. The molecule has 1 saturated heterocycles. The largest absolute Gasteiger partial charge is 0.394 e. The van der Waals surface area contributed by atoms with Crippen molar-refractivity contribution in [3.63, 3.8) is 0 Å². The number of rotatable bonds is 8. The summed E-state index contributed by atoms with van der Waals surface area (Å²) in [5.74, 6) is 0. The Kier molecular flexibility index (Phi) is 8.25. The molecule has 0 amide bonds. The topological polar surface area (TPSA) is 79.2 Å². The smallest absolute Gasteiger partial charge is 0.111 e.